The number of aromatic nitrogens is 2. The molecule has 13 heavy (non-hydrogen) atoms. The van der Waals surface area contributed by atoms with Crippen molar-refractivity contribution >= 4 is 22.4 Å². The summed E-state index contributed by atoms with van der Waals surface area (Å²) in [5, 5.41) is 11.3. The Morgan fingerprint density at radius 3 is 2.62 bits per heavy atom. The van der Waals surface area contributed by atoms with Gasteiger partial charge >= 0.3 is 0 Å². The molecule has 0 aliphatic carbocycles. The lowest BCUT2D eigenvalue weighted by atomic mass is 10.2. The summed E-state index contributed by atoms with van der Waals surface area (Å²) in [7, 11) is 0. The molecule has 1 heterocycles. The molecular formula is C8H8N4O. The van der Waals surface area contributed by atoms with Crippen molar-refractivity contribution in [3.05, 3.63) is 29.7 Å². The average Bonchev–Trinajstić information content (AvgIpc) is 2.12. The predicted molar refractivity (Wildman–Crippen MR) is 49.5 cm³/mol. The molecule has 2 aromatic rings. The summed E-state index contributed by atoms with van der Waals surface area (Å²) < 4.78 is 0.661. The third-order valence-electron chi connectivity index (χ3n) is 1.84. The Kier molecular flexibility index (Phi) is 1.45. The highest BCUT2D eigenvalue weighted by molar-refractivity contribution is 5.92. The van der Waals surface area contributed by atoms with Crippen molar-refractivity contribution in [2.75, 3.05) is 11.5 Å². The predicted octanol–water partition coefficient (Wildman–Crippen LogP) is 0.0326. The molecule has 0 atom stereocenters. The SMILES string of the molecule is Nc1ccc(N)c2c1ncc[n+]2[O-]. The van der Waals surface area contributed by atoms with E-state index >= 15 is 0 Å². The van der Waals surface area contributed by atoms with Crippen LogP contribution in [-0.2, 0) is 0 Å². The Balaban J connectivity index is 3.00. The molecule has 0 saturated carbocycles. The van der Waals surface area contributed by atoms with Crippen LogP contribution in [0.3, 0.4) is 0 Å². The summed E-state index contributed by atoms with van der Waals surface area (Å²) in [6, 6.07) is 3.22. The maximum Gasteiger partial charge on any atom is 0.267 e. The molecule has 0 radical (unpaired) electrons. The first-order chi connectivity index (χ1) is 6.20. The minimum Gasteiger partial charge on any atom is -0.618 e. The highest BCUT2D eigenvalue weighted by Gasteiger charge is 2.10. The van der Waals surface area contributed by atoms with E-state index in [9.17, 15) is 5.21 Å². The van der Waals surface area contributed by atoms with Crippen molar-refractivity contribution in [1.29, 1.82) is 0 Å². The van der Waals surface area contributed by atoms with Gasteiger partial charge in [-0.3, -0.25) is 0 Å². The average molecular weight is 176 g/mol. The van der Waals surface area contributed by atoms with Gasteiger partial charge in [0.05, 0.1) is 11.9 Å². The zero-order valence-corrected chi connectivity index (χ0v) is 6.77. The largest absolute Gasteiger partial charge is 0.618 e. The van der Waals surface area contributed by atoms with E-state index < -0.39 is 0 Å². The third-order valence-corrected chi connectivity index (χ3v) is 1.84. The number of benzene rings is 1. The van der Waals surface area contributed by atoms with Gasteiger partial charge in [-0.1, -0.05) is 0 Å². The van der Waals surface area contributed by atoms with Gasteiger partial charge in [0.15, 0.2) is 11.7 Å². The van der Waals surface area contributed by atoms with E-state index in [1.807, 2.05) is 0 Å². The zero-order chi connectivity index (χ0) is 9.42. The van der Waals surface area contributed by atoms with Gasteiger partial charge in [0.2, 0.25) is 0 Å². The summed E-state index contributed by atoms with van der Waals surface area (Å²) in [5.41, 5.74) is 12.8. The number of hydrogen-bond donors (Lipinski definition) is 2. The lowest BCUT2D eigenvalue weighted by Gasteiger charge is -2.04. The van der Waals surface area contributed by atoms with Crippen molar-refractivity contribution in [3.8, 4) is 0 Å². The van der Waals surface area contributed by atoms with Crippen molar-refractivity contribution in [3.63, 3.8) is 0 Å². The van der Waals surface area contributed by atoms with Crippen LogP contribution in [0.4, 0.5) is 11.4 Å². The molecule has 0 fully saturated rings. The summed E-state index contributed by atoms with van der Waals surface area (Å²) in [4.78, 5) is 3.98. The second-order valence-corrected chi connectivity index (χ2v) is 2.69. The van der Waals surface area contributed by atoms with Gasteiger partial charge < -0.3 is 16.7 Å². The first kappa shape index (κ1) is 7.60. The Morgan fingerprint density at radius 2 is 1.92 bits per heavy atom. The third kappa shape index (κ3) is 1.01. The van der Waals surface area contributed by atoms with E-state index in [0.29, 0.717) is 27.1 Å². The first-order valence-corrected chi connectivity index (χ1v) is 3.72. The molecule has 0 amide bonds. The molecule has 5 nitrogen and oxygen atoms in total. The highest BCUT2D eigenvalue weighted by Crippen LogP contribution is 2.20. The normalized spacial score (nSPS) is 10.5. The molecule has 0 spiro atoms. The minimum absolute atomic E-state index is 0.322. The van der Waals surface area contributed by atoms with Crippen LogP contribution in [0.15, 0.2) is 24.5 Å². The Morgan fingerprint density at radius 1 is 1.23 bits per heavy atom. The van der Waals surface area contributed by atoms with Gasteiger partial charge in [-0.15, -0.1) is 0 Å². The molecule has 4 N–H and O–H groups in total. The smallest absolute Gasteiger partial charge is 0.267 e. The molecule has 1 aromatic carbocycles. The molecule has 5 heteroatoms. The van der Waals surface area contributed by atoms with Crippen LogP contribution in [0.5, 0.6) is 0 Å². The number of anilines is 2. The molecule has 0 saturated heterocycles. The standard InChI is InChI=1S/C8H8N4O/c9-5-1-2-6(10)8-7(5)11-3-4-12(8)13/h1-4H,9-10H2. The molecule has 66 valence electrons. The van der Waals surface area contributed by atoms with Crippen molar-refractivity contribution in [2.45, 2.75) is 0 Å². The number of rotatable bonds is 0. The van der Waals surface area contributed by atoms with E-state index in [1.165, 1.54) is 12.4 Å². The van der Waals surface area contributed by atoms with Crippen molar-refractivity contribution in [1.82, 2.24) is 4.98 Å². The van der Waals surface area contributed by atoms with E-state index in [2.05, 4.69) is 4.98 Å². The quantitative estimate of drug-likeness (QED) is 0.336. The van der Waals surface area contributed by atoms with Crippen LogP contribution in [0.25, 0.3) is 11.0 Å². The Hall–Kier alpha value is -2.04. The fraction of sp³-hybridized carbons (Fsp3) is 0. The summed E-state index contributed by atoms with van der Waals surface area (Å²) in [6.07, 6.45) is 2.68. The molecule has 0 unspecified atom stereocenters. The van der Waals surface area contributed by atoms with Gasteiger partial charge in [-0.2, -0.15) is 4.73 Å². The van der Waals surface area contributed by atoms with Crippen LogP contribution in [0.1, 0.15) is 0 Å². The number of fused-ring (bicyclic) bond motifs is 1. The molecule has 0 bridgehead atoms. The second kappa shape index (κ2) is 2.48. The summed E-state index contributed by atoms with van der Waals surface area (Å²) >= 11 is 0. The Labute approximate surface area is 74.2 Å². The van der Waals surface area contributed by atoms with Crippen LogP contribution in [0, 0.1) is 5.21 Å². The van der Waals surface area contributed by atoms with Crippen LogP contribution in [-0.4, -0.2) is 4.98 Å². The zero-order valence-electron chi connectivity index (χ0n) is 6.77. The second-order valence-electron chi connectivity index (χ2n) is 2.69. The van der Waals surface area contributed by atoms with Gasteiger partial charge in [0.25, 0.3) is 5.52 Å². The van der Waals surface area contributed by atoms with Gasteiger partial charge in [0.1, 0.15) is 5.69 Å². The first-order valence-electron chi connectivity index (χ1n) is 3.72. The number of nitrogens with zero attached hydrogens (tertiary/aromatic N) is 2. The Bertz CT molecular complexity index is 461. The topological polar surface area (TPSA) is 91.9 Å². The van der Waals surface area contributed by atoms with E-state index in [0.717, 1.165) is 0 Å². The van der Waals surface area contributed by atoms with Gasteiger partial charge in [-0.25, -0.2) is 4.98 Å². The van der Waals surface area contributed by atoms with E-state index in [4.69, 9.17) is 11.5 Å². The van der Waals surface area contributed by atoms with Crippen molar-refractivity contribution < 1.29 is 4.73 Å². The molecule has 1 aromatic heterocycles. The number of nitrogens with two attached hydrogens (primary N) is 2. The number of nitrogen functional groups attached to an aromatic ring is 2. The highest BCUT2D eigenvalue weighted by atomic mass is 16.5. The van der Waals surface area contributed by atoms with Gasteiger partial charge in [0, 0.05) is 0 Å². The fourth-order valence-electron chi connectivity index (χ4n) is 1.22. The molecule has 0 aliphatic heterocycles. The van der Waals surface area contributed by atoms with Gasteiger partial charge in [-0.05, 0) is 12.1 Å². The molecule has 2 rings (SSSR count). The monoisotopic (exact) mass is 176 g/mol. The maximum atomic E-state index is 11.3. The van der Waals surface area contributed by atoms with Crippen LogP contribution in [0.2, 0.25) is 0 Å². The number of hydrogen-bond acceptors (Lipinski definition) is 4. The molecular weight excluding hydrogens is 168 g/mol. The summed E-state index contributed by atoms with van der Waals surface area (Å²) in [5.74, 6) is 0. The maximum absolute atomic E-state index is 11.3. The fourth-order valence-corrected chi connectivity index (χ4v) is 1.22. The van der Waals surface area contributed by atoms with E-state index in [-0.39, 0.29) is 0 Å². The molecule has 0 aliphatic rings. The lowest BCUT2D eigenvalue weighted by molar-refractivity contribution is -0.576. The van der Waals surface area contributed by atoms with Crippen LogP contribution < -0.4 is 16.2 Å². The van der Waals surface area contributed by atoms with Crippen LogP contribution >= 0.6 is 0 Å². The lowest BCUT2D eigenvalue weighted by Crippen LogP contribution is -2.27. The summed E-state index contributed by atoms with van der Waals surface area (Å²) in [6.45, 7) is 0. The van der Waals surface area contributed by atoms with Crippen molar-refractivity contribution in [2.24, 2.45) is 0 Å². The minimum atomic E-state index is 0.322. The van der Waals surface area contributed by atoms with E-state index in [1.54, 1.807) is 12.1 Å².